The first-order valence-corrected chi connectivity index (χ1v) is 9.17. The van der Waals surface area contributed by atoms with Crippen molar-refractivity contribution in [3.8, 4) is 5.69 Å². The molecule has 0 unspecified atom stereocenters. The molecule has 29 heavy (non-hydrogen) atoms. The lowest BCUT2D eigenvalue weighted by Gasteiger charge is -2.23. The van der Waals surface area contributed by atoms with Gasteiger partial charge in [0.15, 0.2) is 0 Å². The van der Waals surface area contributed by atoms with Crippen molar-refractivity contribution in [2.45, 2.75) is 26.3 Å². The van der Waals surface area contributed by atoms with E-state index >= 15 is 0 Å². The summed E-state index contributed by atoms with van der Waals surface area (Å²) in [6.07, 6.45) is 2.04. The molecule has 4 rings (SSSR count). The first kappa shape index (κ1) is 18.5. The number of rotatable bonds is 5. The van der Waals surface area contributed by atoms with Crippen molar-refractivity contribution >= 4 is 23.2 Å². The molecule has 9 heteroatoms. The van der Waals surface area contributed by atoms with Crippen molar-refractivity contribution in [2.24, 2.45) is 5.10 Å². The maximum atomic E-state index is 12.8. The molecule has 0 atom stereocenters. The topological polar surface area (TPSA) is 105 Å². The molecule has 9 nitrogen and oxygen atoms in total. The fourth-order valence-corrected chi connectivity index (χ4v) is 3.01. The van der Waals surface area contributed by atoms with Gasteiger partial charge in [0.05, 0.1) is 12.2 Å². The van der Waals surface area contributed by atoms with Crippen LogP contribution in [0.2, 0.25) is 0 Å². The summed E-state index contributed by atoms with van der Waals surface area (Å²) in [6.45, 7) is 2.23. The number of anilines is 1. The second kappa shape index (κ2) is 8.01. The van der Waals surface area contributed by atoms with Crippen molar-refractivity contribution in [1.29, 1.82) is 0 Å². The molecule has 0 bridgehead atoms. The smallest absolute Gasteiger partial charge is 0.271 e. The summed E-state index contributed by atoms with van der Waals surface area (Å²) in [4.78, 5) is 25.0. The van der Waals surface area contributed by atoms with Crippen LogP contribution in [-0.2, 0) is 16.1 Å². The van der Waals surface area contributed by atoms with E-state index in [1.165, 1.54) is 16.0 Å². The predicted molar refractivity (Wildman–Crippen MR) is 106 cm³/mol. The van der Waals surface area contributed by atoms with E-state index < -0.39 is 0 Å². The third-order valence-corrected chi connectivity index (χ3v) is 4.63. The van der Waals surface area contributed by atoms with Gasteiger partial charge in [-0.25, -0.2) is 9.69 Å². The normalized spacial score (nSPS) is 13.9. The van der Waals surface area contributed by atoms with Gasteiger partial charge in [-0.15, -0.1) is 5.10 Å². The second-order valence-corrected chi connectivity index (χ2v) is 6.69. The summed E-state index contributed by atoms with van der Waals surface area (Å²) in [6, 6.07) is 15.1. The predicted octanol–water partition coefficient (Wildman–Crippen LogP) is 2.09. The first-order chi connectivity index (χ1) is 14.1. The molecule has 2 amide bonds. The van der Waals surface area contributed by atoms with Crippen LogP contribution >= 0.6 is 0 Å². The number of nitrogens with one attached hydrogen (secondary N) is 1. The molecular formula is C20H19N7O2. The van der Waals surface area contributed by atoms with Gasteiger partial charge in [-0.1, -0.05) is 36.4 Å². The minimum atomic E-state index is -0.326. The van der Waals surface area contributed by atoms with Crippen LogP contribution in [0.15, 0.2) is 60.0 Å². The Hall–Kier alpha value is -3.88. The Bertz CT molecular complexity index is 1060. The number of amides is 2. The molecule has 0 fully saturated rings. The molecular weight excluding hydrogens is 370 g/mol. The Labute approximate surface area is 167 Å². The molecule has 3 aromatic rings. The molecule has 0 saturated heterocycles. The fourth-order valence-electron chi connectivity index (χ4n) is 3.01. The van der Waals surface area contributed by atoms with Gasteiger partial charge in [0.25, 0.3) is 5.91 Å². The van der Waals surface area contributed by atoms with E-state index in [9.17, 15) is 9.59 Å². The lowest BCUT2D eigenvalue weighted by molar-refractivity contribution is -0.132. The van der Waals surface area contributed by atoms with Crippen molar-refractivity contribution in [3.05, 3.63) is 66.0 Å². The molecule has 2 heterocycles. The van der Waals surface area contributed by atoms with Crippen LogP contribution in [-0.4, -0.2) is 42.7 Å². The van der Waals surface area contributed by atoms with Gasteiger partial charge >= 0.3 is 0 Å². The number of benzene rings is 2. The Kier molecular flexibility index (Phi) is 5.10. The number of tetrazole rings is 1. The fraction of sp³-hybridized carbons (Fsp3) is 0.200. The van der Waals surface area contributed by atoms with Gasteiger partial charge in [0, 0.05) is 18.5 Å². The summed E-state index contributed by atoms with van der Waals surface area (Å²) in [7, 11) is 0. The zero-order valence-corrected chi connectivity index (χ0v) is 15.8. The van der Waals surface area contributed by atoms with E-state index in [1.54, 1.807) is 6.07 Å². The minimum Gasteiger partial charge on any atom is -0.321 e. The lowest BCUT2D eigenvalue weighted by Crippen LogP contribution is -2.36. The summed E-state index contributed by atoms with van der Waals surface area (Å²) in [5.41, 5.74) is 3.53. The van der Waals surface area contributed by atoms with E-state index in [2.05, 4.69) is 25.9 Å². The van der Waals surface area contributed by atoms with E-state index in [0.717, 1.165) is 16.8 Å². The van der Waals surface area contributed by atoms with Crippen molar-refractivity contribution in [1.82, 2.24) is 25.2 Å². The molecule has 1 N–H and O–H groups in total. The number of hydrogen-bond donors (Lipinski definition) is 1. The molecule has 1 aromatic heterocycles. The van der Waals surface area contributed by atoms with Gasteiger partial charge in [0.2, 0.25) is 5.91 Å². The van der Waals surface area contributed by atoms with Crippen LogP contribution in [0.3, 0.4) is 0 Å². The largest absolute Gasteiger partial charge is 0.321 e. The van der Waals surface area contributed by atoms with Gasteiger partial charge < -0.3 is 5.32 Å². The average molecular weight is 389 g/mol. The van der Waals surface area contributed by atoms with Crippen LogP contribution in [0, 0.1) is 6.92 Å². The van der Waals surface area contributed by atoms with Crippen molar-refractivity contribution in [2.75, 3.05) is 5.32 Å². The standard InChI is InChI=1S/C20H19N7O2/c1-14-7-8-16(27-13-21-24-25-27)11-18(14)22-20(29)17-9-10-19(28)26(23-17)12-15-5-3-2-4-6-15/h2-8,11,13H,9-10,12H2,1H3,(H,22,29). The van der Waals surface area contributed by atoms with E-state index in [4.69, 9.17) is 0 Å². The lowest BCUT2D eigenvalue weighted by atomic mass is 10.1. The monoisotopic (exact) mass is 389 g/mol. The minimum absolute atomic E-state index is 0.0951. The quantitative estimate of drug-likeness (QED) is 0.719. The molecule has 0 aliphatic carbocycles. The summed E-state index contributed by atoms with van der Waals surface area (Å²) in [5.74, 6) is -0.421. The molecule has 0 radical (unpaired) electrons. The average Bonchev–Trinajstić information content (AvgIpc) is 3.27. The van der Waals surface area contributed by atoms with Crippen LogP contribution in [0.4, 0.5) is 5.69 Å². The van der Waals surface area contributed by atoms with Gasteiger partial charge in [-0.3, -0.25) is 9.59 Å². The summed E-state index contributed by atoms with van der Waals surface area (Å²) >= 11 is 0. The Morgan fingerprint density at radius 3 is 2.72 bits per heavy atom. The van der Waals surface area contributed by atoms with Crippen molar-refractivity contribution in [3.63, 3.8) is 0 Å². The zero-order chi connectivity index (χ0) is 20.2. The SMILES string of the molecule is Cc1ccc(-n2cnnn2)cc1NC(=O)C1=NN(Cc2ccccc2)C(=O)CC1. The Morgan fingerprint density at radius 1 is 1.14 bits per heavy atom. The van der Waals surface area contributed by atoms with E-state index in [0.29, 0.717) is 24.4 Å². The number of carbonyl (C=O) groups excluding carboxylic acids is 2. The van der Waals surface area contributed by atoms with Gasteiger partial charge in [-0.2, -0.15) is 5.10 Å². The van der Waals surface area contributed by atoms with Gasteiger partial charge in [-0.05, 0) is 40.6 Å². The zero-order valence-electron chi connectivity index (χ0n) is 15.8. The van der Waals surface area contributed by atoms with Crippen molar-refractivity contribution < 1.29 is 9.59 Å². The Morgan fingerprint density at radius 2 is 1.97 bits per heavy atom. The maximum absolute atomic E-state index is 12.8. The third kappa shape index (κ3) is 4.18. The highest BCUT2D eigenvalue weighted by molar-refractivity contribution is 6.43. The highest BCUT2D eigenvalue weighted by Crippen LogP contribution is 2.20. The number of hydrogen-bond acceptors (Lipinski definition) is 6. The summed E-state index contributed by atoms with van der Waals surface area (Å²) in [5, 5.41) is 19.7. The van der Waals surface area contributed by atoms with Crippen LogP contribution in [0.25, 0.3) is 5.69 Å². The maximum Gasteiger partial charge on any atom is 0.271 e. The highest BCUT2D eigenvalue weighted by Gasteiger charge is 2.25. The number of hydrazone groups is 1. The number of carbonyl (C=O) groups is 2. The highest BCUT2D eigenvalue weighted by atomic mass is 16.2. The molecule has 1 aliphatic heterocycles. The molecule has 146 valence electrons. The van der Waals surface area contributed by atoms with E-state index in [-0.39, 0.29) is 18.2 Å². The van der Waals surface area contributed by atoms with E-state index in [1.807, 2.05) is 49.4 Å². The molecule has 1 aliphatic rings. The number of nitrogens with zero attached hydrogens (tertiary/aromatic N) is 6. The molecule has 0 saturated carbocycles. The third-order valence-electron chi connectivity index (χ3n) is 4.63. The van der Waals surface area contributed by atoms with Gasteiger partial charge in [0.1, 0.15) is 12.0 Å². The number of aromatic nitrogens is 4. The van der Waals surface area contributed by atoms with Crippen LogP contribution < -0.4 is 5.32 Å². The summed E-state index contributed by atoms with van der Waals surface area (Å²) < 4.78 is 1.51. The first-order valence-electron chi connectivity index (χ1n) is 9.17. The second-order valence-electron chi connectivity index (χ2n) is 6.69. The Balaban J connectivity index is 1.52. The van der Waals surface area contributed by atoms with Crippen LogP contribution in [0.5, 0.6) is 0 Å². The molecule has 2 aromatic carbocycles. The molecule has 0 spiro atoms. The van der Waals surface area contributed by atoms with Crippen LogP contribution in [0.1, 0.15) is 24.0 Å². The number of aryl methyl sites for hydroxylation is 1.